The van der Waals surface area contributed by atoms with Gasteiger partial charge in [0.2, 0.25) is 0 Å². The molecule has 0 atom stereocenters. The summed E-state index contributed by atoms with van der Waals surface area (Å²) in [6.07, 6.45) is 0.984. The Morgan fingerprint density at radius 1 is 0.958 bits per heavy atom. The van der Waals surface area contributed by atoms with Gasteiger partial charge in [-0.25, -0.2) is 13.7 Å². The van der Waals surface area contributed by atoms with Crippen molar-refractivity contribution in [3.63, 3.8) is 0 Å². The fourth-order valence-electron chi connectivity index (χ4n) is 2.19. The SMILES string of the molecule is O=C1C=C(Nc2ccc(O)cc2)C(=O)N1c1cc(F)c(O)c(F)c1. The molecule has 122 valence electrons. The van der Waals surface area contributed by atoms with E-state index in [1.54, 1.807) is 0 Å². The maximum atomic E-state index is 13.4. The highest BCUT2D eigenvalue weighted by Crippen LogP contribution is 2.30. The number of imide groups is 1. The summed E-state index contributed by atoms with van der Waals surface area (Å²) in [7, 11) is 0. The number of halogens is 2. The highest BCUT2D eigenvalue weighted by molar-refractivity contribution is 6.31. The van der Waals surface area contributed by atoms with E-state index in [9.17, 15) is 23.5 Å². The van der Waals surface area contributed by atoms with Gasteiger partial charge in [0.15, 0.2) is 17.4 Å². The van der Waals surface area contributed by atoms with Crippen LogP contribution >= 0.6 is 0 Å². The molecule has 0 saturated carbocycles. The maximum Gasteiger partial charge on any atom is 0.281 e. The number of anilines is 2. The van der Waals surface area contributed by atoms with Crippen LogP contribution in [0.3, 0.4) is 0 Å². The summed E-state index contributed by atoms with van der Waals surface area (Å²) in [5.74, 6) is -5.33. The number of nitrogens with zero attached hydrogens (tertiary/aromatic N) is 1. The van der Waals surface area contributed by atoms with Gasteiger partial charge < -0.3 is 15.5 Å². The van der Waals surface area contributed by atoms with Gasteiger partial charge in [0.25, 0.3) is 11.8 Å². The predicted octanol–water partition coefficient (Wildman–Crippen LogP) is 2.25. The van der Waals surface area contributed by atoms with Gasteiger partial charge in [0.1, 0.15) is 11.4 Å². The summed E-state index contributed by atoms with van der Waals surface area (Å²) in [5, 5.41) is 21.0. The molecule has 2 amide bonds. The second-order valence-electron chi connectivity index (χ2n) is 4.97. The summed E-state index contributed by atoms with van der Waals surface area (Å²) in [6, 6.07) is 7.10. The number of phenols is 2. The Balaban J connectivity index is 1.88. The highest BCUT2D eigenvalue weighted by atomic mass is 19.1. The molecule has 1 heterocycles. The van der Waals surface area contributed by atoms with Gasteiger partial charge in [-0.2, -0.15) is 0 Å². The van der Waals surface area contributed by atoms with E-state index in [1.807, 2.05) is 0 Å². The molecule has 6 nitrogen and oxygen atoms in total. The van der Waals surface area contributed by atoms with Gasteiger partial charge >= 0.3 is 0 Å². The lowest BCUT2D eigenvalue weighted by Crippen LogP contribution is -2.32. The van der Waals surface area contributed by atoms with E-state index < -0.39 is 29.2 Å². The molecule has 1 aliphatic heterocycles. The fourth-order valence-corrected chi connectivity index (χ4v) is 2.19. The Bertz CT molecular complexity index is 855. The molecule has 0 bridgehead atoms. The van der Waals surface area contributed by atoms with Crippen molar-refractivity contribution < 1.29 is 28.6 Å². The molecule has 1 aliphatic rings. The summed E-state index contributed by atoms with van der Waals surface area (Å²) in [5.41, 5.74) is 0.00116. The number of phenolic OH excluding ortho intramolecular Hbond substituents is 2. The van der Waals surface area contributed by atoms with Crippen molar-refractivity contribution in [2.45, 2.75) is 0 Å². The van der Waals surface area contributed by atoms with Gasteiger partial charge in [-0.05, 0) is 24.3 Å². The van der Waals surface area contributed by atoms with Crippen LogP contribution in [0.4, 0.5) is 20.2 Å². The van der Waals surface area contributed by atoms with E-state index in [1.165, 1.54) is 24.3 Å². The highest BCUT2D eigenvalue weighted by Gasteiger charge is 2.33. The average molecular weight is 332 g/mol. The van der Waals surface area contributed by atoms with Crippen LogP contribution in [0.1, 0.15) is 0 Å². The van der Waals surface area contributed by atoms with Crippen molar-refractivity contribution >= 4 is 23.2 Å². The van der Waals surface area contributed by atoms with E-state index in [0.717, 1.165) is 6.08 Å². The van der Waals surface area contributed by atoms with Gasteiger partial charge in [0, 0.05) is 23.9 Å². The number of aromatic hydroxyl groups is 2. The molecule has 2 aromatic carbocycles. The predicted molar refractivity (Wildman–Crippen MR) is 80.3 cm³/mol. The first kappa shape index (κ1) is 15.5. The molecule has 8 heteroatoms. The molecule has 3 N–H and O–H groups in total. The third-order valence-corrected chi connectivity index (χ3v) is 3.33. The second kappa shape index (κ2) is 5.65. The molecule has 0 radical (unpaired) electrons. The van der Waals surface area contributed by atoms with Crippen LogP contribution in [-0.4, -0.2) is 22.0 Å². The van der Waals surface area contributed by atoms with Crippen molar-refractivity contribution in [3.8, 4) is 11.5 Å². The van der Waals surface area contributed by atoms with Crippen LogP contribution in [-0.2, 0) is 9.59 Å². The van der Waals surface area contributed by atoms with Crippen LogP contribution in [0.15, 0.2) is 48.2 Å². The van der Waals surface area contributed by atoms with Gasteiger partial charge in [-0.1, -0.05) is 0 Å². The molecule has 0 saturated heterocycles. The summed E-state index contributed by atoms with van der Waals surface area (Å²) in [4.78, 5) is 24.9. The summed E-state index contributed by atoms with van der Waals surface area (Å²) >= 11 is 0. The molecule has 0 fully saturated rings. The maximum absolute atomic E-state index is 13.4. The molecule has 0 spiro atoms. The molecule has 0 aliphatic carbocycles. The second-order valence-corrected chi connectivity index (χ2v) is 4.97. The van der Waals surface area contributed by atoms with Crippen LogP contribution < -0.4 is 10.2 Å². The van der Waals surface area contributed by atoms with E-state index >= 15 is 0 Å². The van der Waals surface area contributed by atoms with Crippen LogP contribution in [0.25, 0.3) is 0 Å². The van der Waals surface area contributed by atoms with Gasteiger partial charge in [-0.3, -0.25) is 9.59 Å². The molecule has 24 heavy (non-hydrogen) atoms. The van der Waals surface area contributed by atoms with Crippen molar-refractivity contribution in [2.75, 3.05) is 10.2 Å². The Kier molecular flexibility index (Phi) is 3.64. The molecule has 0 unspecified atom stereocenters. The zero-order valence-electron chi connectivity index (χ0n) is 12.0. The average Bonchev–Trinajstić information content (AvgIpc) is 2.81. The minimum absolute atomic E-state index is 0.0278. The minimum Gasteiger partial charge on any atom is -0.508 e. The van der Waals surface area contributed by atoms with Crippen LogP contribution in [0.2, 0.25) is 0 Å². The van der Waals surface area contributed by atoms with Crippen molar-refractivity contribution in [3.05, 3.63) is 59.8 Å². The normalized spacial score (nSPS) is 14.1. The Morgan fingerprint density at radius 3 is 2.12 bits per heavy atom. The van der Waals surface area contributed by atoms with Gasteiger partial charge in [0.05, 0.1) is 5.69 Å². The van der Waals surface area contributed by atoms with Crippen molar-refractivity contribution in [1.29, 1.82) is 0 Å². The summed E-state index contributed by atoms with van der Waals surface area (Å²) in [6.45, 7) is 0. The third-order valence-electron chi connectivity index (χ3n) is 3.33. The first-order valence-electron chi connectivity index (χ1n) is 6.71. The number of amides is 2. The number of carbonyl (C=O) groups excluding carboxylic acids is 2. The number of benzene rings is 2. The summed E-state index contributed by atoms with van der Waals surface area (Å²) < 4.78 is 26.9. The van der Waals surface area contributed by atoms with Crippen LogP contribution in [0, 0.1) is 11.6 Å². The number of carbonyl (C=O) groups is 2. The molecular weight excluding hydrogens is 322 g/mol. The lowest BCUT2D eigenvalue weighted by molar-refractivity contribution is -0.120. The lowest BCUT2D eigenvalue weighted by atomic mass is 10.2. The number of hydrogen-bond acceptors (Lipinski definition) is 5. The van der Waals surface area contributed by atoms with Crippen molar-refractivity contribution in [1.82, 2.24) is 0 Å². The van der Waals surface area contributed by atoms with Crippen LogP contribution in [0.5, 0.6) is 11.5 Å². The Morgan fingerprint density at radius 2 is 1.54 bits per heavy atom. The van der Waals surface area contributed by atoms with E-state index in [0.29, 0.717) is 22.7 Å². The molecule has 2 aromatic rings. The quantitative estimate of drug-likeness (QED) is 0.592. The zero-order valence-corrected chi connectivity index (χ0v) is 12.0. The third kappa shape index (κ3) is 2.65. The largest absolute Gasteiger partial charge is 0.508 e. The molecular formula is C16H10F2N2O4. The van der Waals surface area contributed by atoms with E-state index in [2.05, 4.69) is 5.32 Å². The fraction of sp³-hybridized carbons (Fsp3) is 0. The van der Waals surface area contributed by atoms with Crippen molar-refractivity contribution in [2.24, 2.45) is 0 Å². The molecule has 3 rings (SSSR count). The Labute approximate surface area is 134 Å². The lowest BCUT2D eigenvalue weighted by Gasteiger charge is -2.16. The van der Waals surface area contributed by atoms with E-state index in [4.69, 9.17) is 5.11 Å². The number of hydrogen-bond donors (Lipinski definition) is 3. The minimum atomic E-state index is -1.29. The smallest absolute Gasteiger partial charge is 0.281 e. The molecule has 0 aromatic heterocycles. The Hall–Kier alpha value is -3.42. The first-order chi connectivity index (χ1) is 11.4. The standard InChI is InChI=1S/C16H10F2N2O4/c17-11-5-9(6-12(18)15(11)23)20-14(22)7-13(16(20)24)19-8-1-3-10(21)4-2-8/h1-7,19,21,23H. The number of rotatable bonds is 3. The first-order valence-corrected chi connectivity index (χ1v) is 6.71. The number of nitrogens with one attached hydrogen (secondary N) is 1. The topological polar surface area (TPSA) is 89.9 Å². The zero-order chi connectivity index (χ0) is 17.4. The van der Waals surface area contributed by atoms with E-state index in [-0.39, 0.29) is 17.1 Å². The van der Waals surface area contributed by atoms with Gasteiger partial charge in [-0.15, -0.1) is 0 Å². The monoisotopic (exact) mass is 332 g/mol.